The molecule has 3 rings (SSSR count). The Morgan fingerprint density at radius 1 is 1.41 bits per heavy atom. The molecule has 0 saturated carbocycles. The van der Waals surface area contributed by atoms with Crippen LogP contribution < -0.4 is 10.2 Å². The number of nitrogens with one attached hydrogen (secondary N) is 1. The summed E-state index contributed by atoms with van der Waals surface area (Å²) in [4.78, 5) is 14.1. The zero-order chi connectivity index (χ0) is 11.8. The van der Waals surface area contributed by atoms with Crippen LogP contribution in [0, 0.1) is 11.3 Å². The molecule has 1 saturated heterocycles. The summed E-state index contributed by atoms with van der Waals surface area (Å²) in [6.45, 7) is 0.903. The normalized spacial score (nSPS) is 22.2. The van der Waals surface area contributed by atoms with Gasteiger partial charge in [-0.2, -0.15) is 5.26 Å². The molecule has 2 heterocycles. The first kappa shape index (κ1) is 10.2. The molecule has 2 aliphatic heterocycles. The van der Waals surface area contributed by atoms with Crippen LogP contribution in [-0.2, 0) is 4.79 Å². The molecule has 4 nitrogen and oxygen atoms in total. The third-order valence-corrected chi connectivity index (χ3v) is 3.50. The van der Waals surface area contributed by atoms with Gasteiger partial charge in [-0.05, 0) is 37.5 Å². The minimum absolute atomic E-state index is 0.0507. The van der Waals surface area contributed by atoms with Gasteiger partial charge in [-0.1, -0.05) is 0 Å². The number of nitriles is 1. The highest BCUT2D eigenvalue weighted by atomic mass is 16.2. The van der Waals surface area contributed by atoms with Gasteiger partial charge in [0, 0.05) is 6.54 Å². The number of amides is 1. The monoisotopic (exact) mass is 227 g/mol. The Morgan fingerprint density at radius 3 is 3.12 bits per heavy atom. The highest BCUT2D eigenvalue weighted by Crippen LogP contribution is 2.36. The van der Waals surface area contributed by atoms with Crippen molar-refractivity contribution in [2.24, 2.45) is 0 Å². The molecule has 1 amide bonds. The molecule has 0 unspecified atom stereocenters. The van der Waals surface area contributed by atoms with Crippen LogP contribution >= 0.6 is 0 Å². The lowest BCUT2D eigenvalue weighted by Crippen LogP contribution is -2.50. The van der Waals surface area contributed by atoms with Gasteiger partial charge in [0.15, 0.2) is 0 Å². The molecule has 0 aromatic heterocycles. The Balaban J connectivity index is 2.08. The third kappa shape index (κ3) is 1.55. The van der Waals surface area contributed by atoms with Crippen molar-refractivity contribution in [3.63, 3.8) is 0 Å². The van der Waals surface area contributed by atoms with Gasteiger partial charge >= 0.3 is 0 Å². The maximum atomic E-state index is 11.9. The predicted octanol–water partition coefficient (Wildman–Crippen LogP) is 1.87. The van der Waals surface area contributed by atoms with Crippen LogP contribution in [0.5, 0.6) is 0 Å². The predicted molar refractivity (Wildman–Crippen MR) is 64.8 cm³/mol. The van der Waals surface area contributed by atoms with E-state index in [1.807, 2.05) is 12.1 Å². The molecule has 0 spiro atoms. The van der Waals surface area contributed by atoms with Crippen LogP contribution in [0.1, 0.15) is 24.8 Å². The fourth-order valence-corrected chi connectivity index (χ4v) is 2.65. The molecule has 1 N–H and O–H groups in total. The third-order valence-electron chi connectivity index (χ3n) is 3.50. The molecule has 1 aromatic rings. The molecular formula is C13H13N3O. The number of nitrogens with zero attached hydrogens (tertiary/aromatic N) is 2. The van der Waals surface area contributed by atoms with Crippen molar-refractivity contribution in [3.05, 3.63) is 23.8 Å². The summed E-state index contributed by atoms with van der Waals surface area (Å²) >= 11 is 0. The molecule has 0 radical (unpaired) electrons. The molecule has 1 aromatic carbocycles. The minimum atomic E-state index is -0.0507. The van der Waals surface area contributed by atoms with E-state index in [1.54, 1.807) is 6.07 Å². The van der Waals surface area contributed by atoms with E-state index in [4.69, 9.17) is 5.26 Å². The van der Waals surface area contributed by atoms with E-state index in [1.165, 1.54) is 0 Å². The average molecular weight is 227 g/mol. The van der Waals surface area contributed by atoms with Crippen LogP contribution in [0.3, 0.4) is 0 Å². The highest BCUT2D eigenvalue weighted by molar-refractivity contribution is 6.03. The van der Waals surface area contributed by atoms with Crippen LogP contribution in [0.15, 0.2) is 18.2 Å². The van der Waals surface area contributed by atoms with Gasteiger partial charge in [0.2, 0.25) is 5.91 Å². The second kappa shape index (κ2) is 3.77. The summed E-state index contributed by atoms with van der Waals surface area (Å²) in [5.74, 6) is 0.0851. The number of rotatable bonds is 0. The number of fused-ring (bicyclic) bond motifs is 3. The zero-order valence-electron chi connectivity index (χ0n) is 9.44. The minimum Gasteiger partial charge on any atom is -0.358 e. The first-order valence-electron chi connectivity index (χ1n) is 5.91. The van der Waals surface area contributed by atoms with E-state index in [9.17, 15) is 4.79 Å². The second-order valence-corrected chi connectivity index (χ2v) is 4.54. The molecular weight excluding hydrogens is 214 g/mol. The van der Waals surface area contributed by atoms with Gasteiger partial charge in [-0.3, -0.25) is 4.79 Å². The van der Waals surface area contributed by atoms with E-state index < -0.39 is 0 Å². The van der Waals surface area contributed by atoms with E-state index in [-0.39, 0.29) is 11.9 Å². The van der Waals surface area contributed by atoms with Crippen molar-refractivity contribution in [1.29, 1.82) is 5.26 Å². The van der Waals surface area contributed by atoms with Crippen molar-refractivity contribution in [2.45, 2.75) is 25.3 Å². The fraction of sp³-hybridized carbons (Fsp3) is 0.385. The molecule has 4 heteroatoms. The lowest BCUT2D eigenvalue weighted by molar-refractivity contribution is -0.118. The molecule has 2 aliphatic rings. The van der Waals surface area contributed by atoms with Crippen LogP contribution in [0.25, 0.3) is 0 Å². The maximum absolute atomic E-state index is 11.9. The van der Waals surface area contributed by atoms with E-state index >= 15 is 0 Å². The summed E-state index contributed by atoms with van der Waals surface area (Å²) in [7, 11) is 0. The fourth-order valence-electron chi connectivity index (χ4n) is 2.65. The summed E-state index contributed by atoms with van der Waals surface area (Å²) in [6, 6.07) is 7.52. The van der Waals surface area contributed by atoms with Gasteiger partial charge in [-0.25, -0.2) is 0 Å². The van der Waals surface area contributed by atoms with Gasteiger partial charge in [-0.15, -0.1) is 0 Å². The van der Waals surface area contributed by atoms with Crippen LogP contribution in [0.4, 0.5) is 11.4 Å². The number of hydrogen-bond donors (Lipinski definition) is 1. The van der Waals surface area contributed by atoms with Crippen molar-refractivity contribution in [1.82, 2.24) is 0 Å². The number of benzene rings is 1. The van der Waals surface area contributed by atoms with Crippen LogP contribution in [-0.4, -0.2) is 18.5 Å². The smallest absolute Gasteiger partial charge is 0.247 e. The van der Waals surface area contributed by atoms with E-state index in [0.717, 1.165) is 37.2 Å². The Labute approximate surface area is 99.8 Å². The Morgan fingerprint density at radius 2 is 2.29 bits per heavy atom. The summed E-state index contributed by atoms with van der Waals surface area (Å²) in [6.07, 6.45) is 3.11. The van der Waals surface area contributed by atoms with Gasteiger partial charge in [0.1, 0.15) is 6.04 Å². The summed E-state index contributed by atoms with van der Waals surface area (Å²) < 4.78 is 0. The molecule has 0 aliphatic carbocycles. The van der Waals surface area contributed by atoms with Crippen molar-refractivity contribution >= 4 is 17.3 Å². The summed E-state index contributed by atoms with van der Waals surface area (Å²) in [5.41, 5.74) is 2.46. The molecule has 1 atom stereocenters. The number of piperidine rings is 1. The van der Waals surface area contributed by atoms with Crippen molar-refractivity contribution < 1.29 is 4.79 Å². The molecule has 0 bridgehead atoms. The average Bonchev–Trinajstić information content (AvgIpc) is 2.39. The number of hydrogen-bond acceptors (Lipinski definition) is 3. The molecule has 86 valence electrons. The maximum Gasteiger partial charge on any atom is 0.247 e. The Hall–Kier alpha value is -2.02. The Kier molecular flexibility index (Phi) is 2.25. The van der Waals surface area contributed by atoms with Crippen LogP contribution in [0.2, 0.25) is 0 Å². The lowest BCUT2D eigenvalue weighted by Gasteiger charge is -2.41. The zero-order valence-corrected chi connectivity index (χ0v) is 9.44. The SMILES string of the molecule is N#Cc1ccc2c(c1)N1CCCC[C@@H]1C(=O)N2. The second-order valence-electron chi connectivity index (χ2n) is 4.54. The first-order chi connectivity index (χ1) is 8.29. The quantitative estimate of drug-likeness (QED) is 0.736. The topological polar surface area (TPSA) is 56.1 Å². The molecule has 1 fully saturated rings. The van der Waals surface area contributed by atoms with Crippen molar-refractivity contribution in [2.75, 3.05) is 16.8 Å². The number of carbonyl (C=O) groups is 1. The number of carbonyl (C=O) groups excluding carboxylic acids is 1. The largest absolute Gasteiger partial charge is 0.358 e. The highest BCUT2D eigenvalue weighted by Gasteiger charge is 2.34. The number of anilines is 2. The van der Waals surface area contributed by atoms with E-state index in [2.05, 4.69) is 16.3 Å². The summed E-state index contributed by atoms with van der Waals surface area (Å²) in [5, 5.41) is 11.9. The molecule has 17 heavy (non-hydrogen) atoms. The van der Waals surface area contributed by atoms with Gasteiger partial charge in [0.05, 0.1) is 23.0 Å². The lowest BCUT2D eigenvalue weighted by atomic mass is 9.97. The standard InChI is InChI=1S/C13H13N3O/c14-8-9-4-5-10-12(7-9)16-6-2-1-3-11(16)13(17)15-10/h4-5,7,11H,1-3,6H2,(H,15,17)/t11-/m1/s1. The Bertz CT molecular complexity index is 518. The first-order valence-corrected chi connectivity index (χ1v) is 5.91. The van der Waals surface area contributed by atoms with E-state index in [0.29, 0.717) is 5.56 Å². The van der Waals surface area contributed by atoms with Gasteiger partial charge in [0.25, 0.3) is 0 Å². The van der Waals surface area contributed by atoms with Crippen molar-refractivity contribution in [3.8, 4) is 6.07 Å². The van der Waals surface area contributed by atoms with Gasteiger partial charge < -0.3 is 10.2 Å².